The summed E-state index contributed by atoms with van der Waals surface area (Å²) in [6, 6.07) is 14.0. The number of aromatic nitrogens is 1. The van der Waals surface area contributed by atoms with Gasteiger partial charge in [0.25, 0.3) is 0 Å². The summed E-state index contributed by atoms with van der Waals surface area (Å²) in [4.78, 5) is 7.23. The van der Waals surface area contributed by atoms with Gasteiger partial charge in [-0.05, 0) is 49.6 Å². The van der Waals surface area contributed by atoms with Gasteiger partial charge in [-0.25, -0.2) is 4.98 Å². The number of ether oxygens (including phenoxy) is 3. The van der Waals surface area contributed by atoms with Gasteiger partial charge in [0.15, 0.2) is 16.6 Å². The van der Waals surface area contributed by atoms with Crippen LogP contribution in [0.5, 0.6) is 17.2 Å². The fourth-order valence-electron chi connectivity index (χ4n) is 3.81. The lowest BCUT2D eigenvalue weighted by Gasteiger charge is -2.31. The maximum Gasteiger partial charge on any atom is 0.203 e. The summed E-state index contributed by atoms with van der Waals surface area (Å²) in [6.45, 7) is 4.52. The quantitative estimate of drug-likeness (QED) is 0.517. The van der Waals surface area contributed by atoms with E-state index < -0.39 is 0 Å². The number of hydrogen-bond acceptors (Lipinski definition) is 7. The van der Waals surface area contributed by atoms with Gasteiger partial charge < -0.3 is 24.4 Å². The van der Waals surface area contributed by atoms with E-state index in [-0.39, 0.29) is 0 Å². The Morgan fingerprint density at radius 3 is 2.47 bits per heavy atom. The topological polar surface area (TPSA) is 55.9 Å². The third-order valence-corrected chi connectivity index (χ3v) is 6.61. The smallest absolute Gasteiger partial charge is 0.203 e. The number of rotatable bonds is 9. The monoisotopic (exact) mass is 427 g/mol. The van der Waals surface area contributed by atoms with Crippen LogP contribution in [0.4, 0.5) is 5.13 Å². The molecule has 0 radical (unpaired) electrons. The largest absolute Gasteiger partial charge is 0.493 e. The second kappa shape index (κ2) is 10.00. The minimum Gasteiger partial charge on any atom is -0.493 e. The Kier molecular flexibility index (Phi) is 6.92. The van der Waals surface area contributed by atoms with Crippen LogP contribution in [0.3, 0.4) is 0 Å². The fraction of sp³-hybridized carbons (Fsp3) is 0.435. The maximum absolute atomic E-state index is 5.92. The fourth-order valence-corrected chi connectivity index (χ4v) is 4.83. The number of thiazole rings is 1. The minimum absolute atomic E-state index is 0.571. The van der Waals surface area contributed by atoms with Crippen molar-refractivity contribution in [2.75, 3.05) is 51.9 Å². The highest BCUT2D eigenvalue weighted by Crippen LogP contribution is 2.36. The molecule has 1 saturated heterocycles. The second-order valence-electron chi connectivity index (χ2n) is 7.44. The Labute approximate surface area is 181 Å². The molecule has 1 aliphatic heterocycles. The van der Waals surface area contributed by atoms with Crippen LogP contribution in [-0.2, 0) is 0 Å². The van der Waals surface area contributed by atoms with E-state index in [2.05, 4.69) is 34.5 Å². The molecule has 30 heavy (non-hydrogen) atoms. The number of methoxy groups -OCH3 is 2. The normalized spacial score (nSPS) is 14.8. The van der Waals surface area contributed by atoms with Crippen LogP contribution in [0.1, 0.15) is 12.8 Å². The molecule has 160 valence electrons. The summed E-state index contributed by atoms with van der Waals surface area (Å²) in [7, 11) is 3.28. The minimum atomic E-state index is 0.571. The van der Waals surface area contributed by atoms with Gasteiger partial charge >= 0.3 is 0 Å². The van der Waals surface area contributed by atoms with E-state index in [1.54, 1.807) is 25.6 Å². The molecule has 0 spiro atoms. The van der Waals surface area contributed by atoms with Crippen molar-refractivity contribution >= 4 is 26.7 Å². The molecule has 0 amide bonds. The Morgan fingerprint density at radius 2 is 1.77 bits per heavy atom. The third kappa shape index (κ3) is 4.79. The summed E-state index contributed by atoms with van der Waals surface area (Å²) in [6.07, 6.45) is 2.37. The van der Waals surface area contributed by atoms with E-state index in [0.717, 1.165) is 36.8 Å². The first kappa shape index (κ1) is 20.8. The van der Waals surface area contributed by atoms with Crippen molar-refractivity contribution in [2.24, 2.45) is 5.92 Å². The van der Waals surface area contributed by atoms with Crippen molar-refractivity contribution in [3.63, 3.8) is 0 Å². The SMILES string of the molecule is COc1cccc(OC)c1OCCNCC1CCN(c2nc3ccccc3s2)CC1. The van der Waals surface area contributed by atoms with Crippen molar-refractivity contribution in [3.05, 3.63) is 42.5 Å². The molecule has 4 rings (SSSR count). The summed E-state index contributed by atoms with van der Waals surface area (Å²) >= 11 is 1.80. The van der Waals surface area contributed by atoms with Crippen molar-refractivity contribution < 1.29 is 14.2 Å². The van der Waals surface area contributed by atoms with E-state index in [1.807, 2.05) is 18.2 Å². The zero-order chi connectivity index (χ0) is 20.8. The number of nitrogens with one attached hydrogen (secondary N) is 1. The molecule has 1 aliphatic rings. The van der Waals surface area contributed by atoms with Crippen LogP contribution >= 0.6 is 11.3 Å². The number of piperidine rings is 1. The molecule has 1 aromatic heterocycles. The van der Waals surface area contributed by atoms with Crippen molar-refractivity contribution in [1.29, 1.82) is 0 Å². The summed E-state index contributed by atoms with van der Waals surface area (Å²) in [5.74, 6) is 2.73. The molecule has 6 nitrogen and oxygen atoms in total. The first-order chi connectivity index (χ1) is 14.8. The second-order valence-corrected chi connectivity index (χ2v) is 8.45. The molecule has 3 aromatic rings. The highest BCUT2D eigenvalue weighted by atomic mass is 32.1. The van der Waals surface area contributed by atoms with Crippen LogP contribution in [0, 0.1) is 5.92 Å². The van der Waals surface area contributed by atoms with Gasteiger partial charge in [0, 0.05) is 19.6 Å². The Hall–Kier alpha value is -2.51. The summed E-state index contributed by atoms with van der Waals surface area (Å²) in [5.41, 5.74) is 1.10. The average molecular weight is 428 g/mol. The Bertz CT molecular complexity index is 899. The van der Waals surface area contributed by atoms with Gasteiger partial charge in [0.2, 0.25) is 5.75 Å². The van der Waals surface area contributed by atoms with Crippen LogP contribution in [0.25, 0.3) is 10.2 Å². The molecule has 2 heterocycles. The van der Waals surface area contributed by atoms with Crippen LogP contribution < -0.4 is 24.4 Å². The molecule has 7 heteroatoms. The lowest BCUT2D eigenvalue weighted by Crippen LogP contribution is -2.38. The van der Waals surface area contributed by atoms with Crippen LogP contribution in [0.2, 0.25) is 0 Å². The van der Waals surface area contributed by atoms with Gasteiger partial charge in [0.1, 0.15) is 6.61 Å². The van der Waals surface area contributed by atoms with Gasteiger partial charge in [-0.1, -0.05) is 29.5 Å². The van der Waals surface area contributed by atoms with Crippen molar-refractivity contribution in [3.8, 4) is 17.2 Å². The lowest BCUT2D eigenvalue weighted by atomic mass is 9.97. The lowest BCUT2D eigenvalue weighted by molar-refractivity contribution is 0.268. The summed E-state index contributed by atoms with van der Waals surface area (Å²) < 4.78 is 17.9. The highest BCUT2D eigenvalue weighted by molar-refractivity contribution is 7.22. The number of hydrogen-bond donors (Lipinski definition) is 1. The maximum atomic E-state index is 5.92. The molecule has 0 bridgehead atoms. The molecular weight excluding hydrogens is 398 g/mol. The molecule has 0 unspecified atom stereocenters. The highest BCUT2D eigenvalue weighted by Gasteiger charge is 2.21. The zero-order valence-electron chi connectivity index (χ0n) is 17.6. The van der Waals surface area contributed by atoms with E-state index in [4.69, 9.17) is 19.2 Å². The standard InChI is InChI=1S/C23H29N3O3S/c1-27-19-7-5-8-20(28-2)22(19)29-15-12-24-16-17-10-13-26(14-11-17)23-25-18-6-3-4-9-21(18)30-23/h3-9,17,24H,10-16H2,1-2H3. The predicted molar refractivity (Wildman–Crippen MR) is 122 cm³/mol. The number of benzene rings is 2. The molecule has 2 aromatic carbocycles. The Balaban J connectivity index is 1.19. The van der Waals surface area contributed by atoms with E-state index >= 15 is 0 Å². The summed E-state index contributed by atoms with van der Waals surface area (Å²) in [5, 5.41) is 4.69. The van der Waals surface area contributed by atoms with E-state index in [1.165, 1.54) is 17.5 Å². The molecule has 1 N–H and O–H groups in total. The first-order valence-corrected chi connectivity index (χ1v) is 11.2. The average Bonchev–Trinajstić information content (AvgIpc) is 3.23. The van der Waals surface area contributed by atoms with Gasteiger partial charge in [-0.2, -0.15) is 0 Å². The molecule has 0 saturated carbocycles. The van der Waals surface area contributed by atoms with Gasteiger partial charge in [0.05, 0.1) is 24.4 Å². The van der Waals surface area contributed by atoms with Gasteiger partial charge in [-0.15, -0.1) is 0 Å². The molecular formula is C23H29N3O3S. The molecule has 0 atom stereocenters. The van der Waals surface area contributed by atoms with Crippen molar-refractivity contribution in [1.82, 2.24) is 10.3 Å². The zero-order valence-corrected chi connectivity index (χ0v) is 18.4. The van der Waals surface area contributed by atoms with Crippen molar-refractivity contribution in [2.45, 2.75) is 12.8 Å². The van der Waals surface area contributed by atoms with Gasteiger partial charge in [-0.3, -0.25) is 0 Å². The predicted octanol–water partition coefficient (Wildman–Crippen LogP) is 4.20. The van der Waals surface area contributed by atoms with E-state index in [9.17, 15) is 0 Å². The molecule has 0 aliphatic carbocycles. The Morgan fingerprint density at radius 1 is 1.03 bits per heavy atom. The van der Waals surface area contributed by atoms with E-state index in [0.29, 0.717) is 29.8 Å². The number of para-hydroxylation sites is 2. The third-order valence-electron chi connectivity index (χ3n) is 5.51. The number of nitrogens with zero attached hydrogens (tertiary/aromatic N) is 2. The van der Waals surface area contributed by atoms with Crippen LogP contribution in [-0.4, -0.2) is 52.0 Å². The van der Waals surface area contributed by atoms with Crippen LogP contribution in [0.15, 0.2) is 42.5 Å². The molecule has 1 fully saturated rings. The first-order valence-electron chi connectivity index (χ1n) is 10.4. The number of fused-ring (bicyclic) bond motifs is 1. The number of anilines is 1.